The summed E-state index contributed by atoms with van der Waals surface area (Å²) < 4.78 is 24.8. The van der Waals surface area contributed by atoms with Crippen LogP contribution in [-0.2, 0) is 11.3 Å². The van der Waals surface area contributed by atoms with Crippen LogP contribution in [0.1, 0.15) is 15.9 Å². The van der Waals surface area contributed by atoms with Gasteiger partial charge in [-0.25, -0.2) is 14.2 Å². The van der Waals surface area contributed by atoms with Crippen molar-refractivity contribution in [1.29, 1.82) is 0 Å². The quantitative estimate of drug-likeness (QED) is 0.674. The molecule has 2 aromatic heterocycles. The number of methoxy groups -OCH3 is 1. The number of carbonyl (C=O) groups is 1. The van der Waals surface area contributed by atoms with Gasteiger partial charge in [-0.1, -0.05) is 12.1 Å². The maximum absolute atomic E-state index is 12.9. The molecule has 0 N–H and O–H groups in total. The van der Waals surface area contributed by atoms with E-state index in [2.05, 4.69) is 10.1 Å². The van der Waals surface area contributed by atoms with Crippen LogP contribution in [0.3, 0.4) is 0 Å². The van der Waals surface area contributed by atoms with E-state index < -0.39 is 5.97 Å². The molecule has 0 aliphatic carbocycles. The summed E-state index contributed by atoms with van der Waals surface area (Å²) in [4.78, 5) is 15.8. The van der Waals surface area contributed by atoms with Crippen LogP contribution in [-0.4, -0.2) is 27.8 Å². The first kappa shape index (κ1) is 15.7. The van der Waals surface area contributed by atoms with Crippen LogP contribution in [0.5, 0.6) is 5.88 Å². The summed E-state index contributed by atoms with van der Waals surface area (Å²) in [6.45, 7) is 0.253. The van der Waals surface area contributed by atoms with Gasteiger partial charge in [-0.05, 0) is 29.8 Å². The number of aromatic nitrogens is 3. The molecule has 24 heavy (non-hydrogen) atoms. The highest BCUT2D eigenvalue weighted by molar-refractivity contribution is 5.89. The molecule has 1 aromatic carbocycles. The molecule has 0 radical (unpaired) electrons. The Balaban J connectivity index is 1.80. The van der Waals surface area contributed by atoms with E-state index in [-0.39, 0.29) is 12.4 Å². The molecule has 0 spiro atoms. The van der Waals surface area contributed by atoms with Crippen LogP contribution in [0.2, 0.25) is 0 Å². The van der Waals surface area contributed by atoms with Crippen molar-refractivity contribution in [3.8, 4) is 11.7 Å². The lowest BCUT2D eigenvalue weighted by Crippen LogP contribution is -2.07. The fraction of sp³-hybridized carbons (Fsp3) is 0.118. The zero-order chi connectivity index (χ0) is 16.9. The van der Waals surface area contributed by atoms with Crippen molar-refractivity contribution in [2.75, 3.05) is 7.11 Å². The van der Waals surface area contributed by atoms with E-state index in [1.807, 2.05) is 0 Å². The number of esters is 1. The third-order valence-electron chi connectivity index (χ3n) is 3.29. The van der Waals surface area contributed by atoms with Gasteiger partial charge >= 0.3 is 5.97 Å². The first-order chi connectivity index (χ1) is 11.7. The van der Waals surface area contributed by atoms with Crippen molar-refractivity contribution in [3.05, 3.63) is 71.8 Å². The highest BCUT2D eigenvalue weighted by Crippen LogP contribution is 2.18. The number of hydrogen-bond acceptors (Lipinski definition) is 5. The van der Waals surface area contributed by atoms with Crippen molar-refractivity contribution < 1.29 is 18.7 Å². The molecule has 0 saturated heterocycles. The second-order valence-corrected chi connectivity index (χ2v) is 4.89. The van der Waals surface area contributed by atoms with E-state index in [4.69, 9.17) is 9.47 Å². The first-order valence-corrected chi connectivity index (χ1v) is 7.13. The number of benzene rings is 1. The monoisotopic (exact) mass is 327 g/mol. The Bertz CT molecular complexity index is 846. The predicted molar refractivity (Wildman–Crippen MR) is 83.4 cm³/mol. The molecule has 3 aromatic rings. The molecule has 0 amide bonds. The lowest BCUT2D eigenvalue weighted by molar-refractivity contribution is 0.0600. The summed E-state index contributed by atoms with van der Waals surface area (Å²) in [7, 11) is 1.31. The molecule has 0 aliphatic rings. The average Bonchev–Trinajstić information content (AvgIpc) is 3.09. The van der Waals surface area contributed by atoms with Gasteiger partial charge in [0.25, 0.3) is 0 Å². The van der Waals surface area contributed by atoms with Gasteiger partial charge in [-0.3, -0.25) is 0 Å². The fourth-order valence-electron chi connectivity index (χ4n) is 2.09. The topological polar surface area (TPSA) is 66.2 Å². The van der Waals surface area contributed by atoms with Gasteiger partial charge in [-0.15, -0.1) is 0 Å². The second-order valence-electron chi connectivity index (χ2n) is 4.89. The van der Waals surface area contributed by atoms with Crippen molar-refractivity contribution in [1.82, 2.24) is 14.8 Å². The van der Waals surface area contributed by atoms with Gasteiger partial charge in [0.05, 0.1) is 18.9 Å². The number of nitrogens with zero attached hydrogens (tertiary/aromatic N) is 3. The van der Waals surface area contributed by atoms with Crippen LogP contribution in [0, 0.1) is 5.82 Å². The summed E-state index contributed by atoms with van der Waals surface area (Å²) >= 11 is 0. The van der Waals surface area contributed by atoms with E-state index in [1.165, 1.54) is 30.1 Å². The van der Waals surface area contributed by atoms with Crippen LogP contribution < -0.4 is 4.74 Å². The Hall–Kier alpha value is -3.22. The third kappa shape index (κ3) is 3.40. The Morgan fingerprint density at radius 1 is 1.17 bits per heavy atom. The number of hydrogen-bond donors (Lipinski definition) is 0. The van der Waals surface area contributed by atoms with Crippen molar-refractivity contribution >= 4 is 5.97 Å². The van der Waals surface area contributed by atoms with Gasteiger partial charge in [0.1, 0.15) is 12.4 Å². The second kappa shape index (κ2) is 6.91. The molecular weight excluding hydrogens is 313 g/mol. The molecule has 0 saturated carbocycles. The Kier molecular flexibility index (Phi) is 4.51. The smallest absolute Gasteiger partial charge is 0.338 e. The van der Waals surface area contributed by atoms with Crippen molar-refractivity contribution in [2.45, 2.75) is 6.61 Å². The zero-order valence-electron chi connectivity index (χ0n) is 12.8. The van der Waals surface area contributed by atoms with Gasteiger partial charge in [-0.2, -0.15) is 9.78 Å². The molecular formula is C17H14FN3O3. The lowest BCUT2D eigenvalue weighted by atomic mass is 10.2. The molecule has 2 heterocycles. The van der Waals surface area contributed by atoms with E-state index in [1.54, 1.807) is 36.5 Å². The van der Waals surface area contributed by atoms with Crippen molar-refractivity contribution in [3.63, 3.8) is 0 Å². The Labute approximate surface area is 137 Å². The Morgan fingerprint density at radius 3 is 2.71 bits per heavy atom. The maximum atomic E-state index is 12.9. The minimum atomic E-state index is -0.459. The number of halogens is 1. The highest BCUT2D eigenvalue weighted by Gasteiger charge is 2.11. The van der Waals surface area contributed by atoms with E-state index in [0.717, 1.165) is 5.56 Å². The molecule has 0 fully saturated rings. The Morgan fingerprint density at radius 2 is 1.96 bits per heavy atom. The molecule has 0 bridgehead atoms. The number of pyridine rings is 1. The molecule has 122 valence electrons. The highest BCUT2D eigenvalue weighted by atomic mass is 19.1. The van der Waals surface area contributed by atoms with Crippen LogP contribution >= 0.6 is 0 Å². The maximum Gasteiger partial charge on any atom is 0.338 e. The molecule has 3 rings (SSSR count). The molecule has 0 aliphatic heterocycles. The van der Waals surface area contributed by atoms with Gasteiger partial charge < -0.3 is 9.47 Å². The number of carbonyl (C=O) groups excluding carboxylic acids is 1. The normalized spacial score (nSPS) is 10.4. The lowest BCUT2D eigenvalue weighted by Gasteiger charge is -2.09. The van der Waals surface area contributed by atoms with Crippen molar-refractivity contribution in [2.24, 2.45) is 0 Å². The predicted octanol–water partition coefficient (Wildman–Crippen LogP) is 2.77. The van der Waals surface area contributed by atoms with Crippen LogP contribution in [0.15, 0.2) is 54.9 Å². The summed E-state index contributed by atoms with van der Waals surface area (Å²) in [6.07, 6.45) is 3.06. The summed E-state index contributed by atoms with van der Waals surface area (Å²) in [5, 5.41) is 4.16. The minimum Gasteiger partial charge on any atom is -0.473 e. The summed E-state index contributed by atoms with van der Waals surface area (Å²) in [5.74, 6) is 0.123. The van der Waals surface area contributed by atoms with Crippen LogP contribution in [0.25, 0.3) is 5.82 Å². The van der Waals surface area contributed by atoms with Gasteiger partial charge in [0.15, 0.2) is 5.82 Å². The summed E-state index contributed by atoms with van der Waals surface area (Å²) in [6, 6.07) is 10.8. The first-order valence-electron chi connectivity index (χ1n) is 7.13. The van der Waals surface area contributed by atoms with E-state index in [9.17, 15) is 9.18 Å². The fourth-order valence-corrected chi connectivity index (χ4v) is 2.09. The van der Waals surface area contributed by atoms with Crippen LogP contribution in [0.4, 0.5) is 4.39 Å². The summed E-state index contributed by atoms with van der Waals surface area (Å²) in [5.41, 5.74) is 1.18. The molecule has 7 heteroatoms. The van der Waals surface area contributed by atoms with Gasteiger partial charge in [0.2, 0.25) is 5.88 Å². The number of ether oxygens (including phenoxy) is 2. The van der Waals surface area contributed by atoms with E-state index >= 15 is 0 Å². The molecule has 0 atom stereocenters. The molecule has 6 nitrogen and oxygen atoms in total. The van der Waals surface area contributed by atoms with Gasteiger partial charge in [0, 0.05) is 12.3 Å². The standard InChI is InChI=1S/C17H14FN3O3/c1-23-17(22)13-6-8-19-15(10-13)21-16(7-9-20-21)24-11-12-2-4-14(18)5-3-12/h2-10H,11H2,1H3. The minimum absolute atomic E-state index is 0.253. The molecule has 0 unspecified atom stereocenters. The van der Waals surface area contributed by atoms with E-state index in [0.29, 0.717) is 17.3 Å². The number of rotatable bonds is 5. The average molecular weight is 327 g/mol. The largest absolute Gasteiger partial charge is 0.473 e. The zero-order valence-corrected chi connectivity index (χ0v) is 12.8. The third-order valence-corrected chi connectivity index (χ3v) is 3.29. The SMILES string of the molecule is COC(=O)c1ccnc(-n2nccc2OCc2ccc(F)cc2)c1.